The first kappa shape index (κ1) is 21.6. The Labute approximate surface area is 186 Å². The molecule has 0 saturated heterocycles. The van der Waals surface area contributed by atoms with Crippen molar-refractivity contribution >= 4 is 11.8 Å². The number of ether oxygens (including phenoxy) is 2. The van der Waals surface area contributed by atoms with Crippen LogP contribution >= 0.6 is 0 Å². The number of methoxy groups -OCH3 is 1. The van der Waals surface area contributed by atoms with Gasteiger partial charge in [-0.2, -0.15) is 0 Å². The minimum atomic E-state index is -0.691. The first-order chi connectivity index (χ1) is 15.4. The second kappa shape index (κ2) is 8.83. The maximum Gasteiger partial charge on any atom is 0.309 e. The standard InChI is InChI=1S/C26H25NO5/c1-15(14-21(28)24-25(29)22(31-3)12-13-27-24)26(30)32-16(2)23-19-10-6-4-8-17(19)18-9-5-7-11-20(18)23/h4-13,15-16,23,29H,14H2,1-3H3/t15-,16+/m1/s1. The van der Waals surface area contributed by atoms with Crippen molar-refractivity contribution in [2.24, 2.45) is 5.92 Å². The lowest BCUT2D eigenvalue weighted by Gasteiger charge is -2.23. The molecule has 0 aliphatic heterocycles. The number of aromatic nitrogens is 1. The Morgan fingerprint density at radius 3 is 2.19 bits per heavy atom. The molecule has 1 N–H and O–H groups in total. The number of pyridine rings is 1. The van der Waals surface area contributed by atoms with E-state index in [1.807, 2.05) is 31.2 Å². The molecule has 1 aliphatic carbocycles. The van der Waals surface area contributed by atoms with Crippen molar-refractivity contribution in [2.75, 3.05) is 7.11 Å². The second-order valence-corrected chi connectivity index (χ2v) is 8.03. The number of nitrogens with zero attached hydrogens (tertiary/aromatic N) is 1. The molecule has 32 heavy (non-hydrogen) atoms. The number of fused-ring (bicyclic) bond motifs is 3. The van der Waals surface area contributed by atoms with E-state index in [2.05, 4.69) is 29.2 Å². The number of benzene rings is 2. The SMILES string of the molecule is COc1ccnc(C(=O)C[C@@H](C)C(=O)O[C@@H](C)C2c3ccccc3-c3ccccc32)c1O. The van der Waals surface area contributed by atoms with Gasteiger partial charge in [-0.1, -0.05) is 55.5 Å². The lowest BCUT2D eigenvalue weighted by Crippen LogP contribution is -2.27. The van der Waals surface area contributed by atoms with E-state index in [1.165, 1.54) is 19.4 Å². The third kappa shape index (κ3) is 3.84. The van der Waals surface area contributed by atoms with E-state index >= 15 is 0 Å². The first-order valence-electron chi connectivity index (χ1n) is 10.6. The van der Waals surface area contributed by atoms with E-state index in [0.29, 0.717) is 0 Å². The highest BCUT2D eigenvalue weighted by atomic mass is 16.5. The van der Waals surface area contributed by atoms with E-state index in [0.717, 1.165) is 22.3 Å². The van der Waals surface area contributed by atoms with Gasteiger partial charge in [-0.3, -0.25) is 9.59 Å². The molecule has 1 aromatic heterocycles. The van der Waals surface area contributed by atoms with Gasteiger partial charge in [0, 0.05) is 24.6 Å². The maximum atomic E-state index is 12.8. The molecule has 2 atom stereocenters. The average Bonchev–Trinajstić information content (AvgIpc) is 3.13. The number of hydrogen-bond donors (Lipinski definition) is 1. The zero-order chi connectivity index (χ0) is 22.8. The van der Waals surface area contributed by atoms with Crippen molar-refractivity contribution < 1.29 is 24.2 Å². The minimum absolute atomic E-state index is 0.0710. The molecule has 0 radical (unpaired) electrons. The largest absolute Gasteiger partial charge is 0.503 e. The van der Waals surface area contributed by atoms with Gasteiger partial charge in [-0.25, -0.2) is 4.98 Å². The van der Waals surface area contributed by atoms with E-state index in [4.69, 9.17) is 9.47 Å². The van der Waals surface area contributed by atoms with Gasteiger partial charge in [-0.05, 0) is 29.2 Å². The molecule has 2 aromatic carbocycles. The van der Waals surface area contributed by atoms with Gasteiger partial charge >= 0.3 is 5.97 Å². The number of carbonyl (C=O) groups excluding carboxylic acids is 2. The van der Waals surface area contributed by atoms with Crippen molar-refractivity contribution in [1.29, 1.82) is 0 Å². The summed E-state index contributed by atoms with van der Waals surface area (Å²) >= 11 is 0. The Bertz CT molecular complexity index is 1130. The summed E-state index contributed by atoms with van der Waals surface area (Å²) in [4.78, 5) is 29.4. The highest BCUT2D eigenvalue weighted by Gasteiger charge is 2.35. The molecule has 4 rings (SSSR count). The summed E-state index contributed by atoms with van der Waals surface area (Å²) in [6.45, 7) is 3.52. The Morgan fingerprint density at radius 1 is 1.00 bits per heavy atom. The molecule has 6 nitrogen and oxygen atoms in total. The van der Waals surface area contributed by atoms with Crippen LogP contribution in [-0.4, -0.2) is 35.1 Å². The fourth-order valence-electron chi connectivity index (χ4n) is 4.33. The zero-order valence-corrected chi connectivity index (χ0v) is 18.2. The van der Waals surface area contributed by atoms with Crippen molar-refractivity contribution in [3.63, 3.8) is 0 Å². The van der Waals surface area contributed by atoms with Crippen molar-refractivity contribution in [3.8, 4) is 22.6 Å². The summed E-state index contributed by atoms with van der Waals surface area (Å²) < 4.78 is 10.8. The maximum absolute atomic E-state index is 12.8. The fourth-order valence-corrected chi connectivity index (χ4v) is 4.33. The Hall–Kier alpha value is -3.67. The monoisotopic (exact) mass is 431 g/mol. The molecular formula is C26H25NO5. The van der Waals surface area contributed by atoms with Gasteiger partial charge in [-0.15, -0.1) is 0 Å². The van der Waals surface area contributed by atoms with Gasteiger partial charge in [0.25, 0.3) is 0 Å². The van der Waals surface area contributed by atoms with Crippen molar-refractivity contribution in [2.45, 2.75) is 32.3 Å². The third-order valence-corrected chi connectivity index (χ3v) is 5.92. The normalized spacial score (nSPS) is 14.2. The van der Waals surface area contributed by atoms with Crippen LogP contribution in [0.25, 0.3) is 11.1 Å². The van der Waals surface area contributed by atoms with E-state index < -0.39 is 23.8 Å². The summed E-state index contributed by atoms with van der Waals surface area (Å²) in [7, 11) is 1.39. The lowest BCUT2D eigenvalue weighted by atomic mass is 9.92. The third-order valence-electron chi connectivity index (χ3n) is 5.92. The van der Waals surface area contributed by atoms with Crippen LogP contribution in [0.4, 0.5) is 0 Å². The highest BCUT2D eigenvalue weighted by Crippen LogP contribution is 2.46. The summed E-state index contributed by atoms with van der Waals surface area (Å²) in [6.07, 6.45) is 0.844. The molecule has 0 bridgehead atoms. The second-order valence-electron chi connectivity index (χ2n) is 8.03. The topological polar surface area (TPSA) is 85.7 Å². The van der Waals surface area contributed by atoms with Crippen LogP contribution in [0.2, 0.25) is 0 Å². The van der Waals surface area contributed by atoms with Gasteiger partial charge in [0.2, 0.25) is 0 Å². The van der Waals surface area contributed by atoms with Gasteiger partial charge < -0.3 is 14.6 Å². The molecule has 0 saturated carbocycles. The molecule has 6 heteroatoms. The van der Waals surface area contributed by atoms with Crippen LogP contribution in [0.15, 0.2) is 60.8 Å². The van der Waals surface area contributed by atoms with Gasteiger partial charge in [0.15, 0.2) is 23.0 Å². The Morgan fingerprint density at radius 2 is 1.59 bits per heavy atom. The number of carbonyl (C=O) groups is 2. The van der Waals surface area contributed by atoms with Crippen LogP contribution in [0.5, 0.6) is 11.5 Å². The highest BCUT2D eigenvalue weighted by molar-refractivity contribution is 5.99. The number of aromatic hydroxyl groups is 1. The van der Waals surface area contributed by atoms with Crippen LogP contribution in [0.1, 0.15) is 47.8 Å². The first-order valence-corrected chi connectivity index (χ1v) is 10.6. The van der Waals surface area contributed by atoms with Gasteiger partial charge in [0.05, 0.1) is 13.0 Å². The summed E-state index contributed by atoms with van der Waals surface area (Å²) in [6, 6.07) is 17.7. The zero-order valence-electron chi connectivity index (χ0n) is 18.2. The predicted molar refractivity (Wildman–Crippen MR) is 120 cm³/mol. The van der Waals surface area contributed by atoms with Crippen molar-refractivity contribution in [1.82, 2.24) is 4.98 Å². The Kier molecular flexibility index (Phi) is 5.95. The quantitative estimate of drug-likeness (QED) is 0.429. The number of esters is 1. The number of rotatable bonds is 7. The predicted octanol–water partition coefficient (Wildman–Crippen LogP) is 4.75. The van der Waals surface area contributed by atoms with E-state index in [1.54, 1.807) is 6.92 Å². The number of hydrogen-bond acceptors (Lipinski definition) is 6. The molecular weight excluding hydrogens is 406 g/mol. The fraction of sp³-hybridized carbons (Fsp3) is 0.269. The van der Waals surface area contributed by atoms with Crippen LogP contribution in [0.3, 0.4) is 0 Å². The van der Waals surface area contributed by atoms with Crippen LogP contribution < -0.4 is 4.74 Å². The van der Waals surface area contributed by atoms with Crippen molar-refractivity contribution in [3.05, 3.63) is 77.6 Å². The number of ketones is 1. The molecule has 0 spiro atoms. The molecule has 0 unspecified atom stereocenters. The summed E-state index contributed by atoms with van der Waals surface area (Å²) in [5, 5.41) is 10.2. The van der Waals surface area contributed by atoms with E-state index in [9.17, 15) is 14.7 Å². The average molecular weight is 431 g/mol. The lowest BCUT2D eigenvalue weighted by molar-refractivity contribution is -0.153. The molecule has 1 aliphatic rings. The summed E-state index contributed by atoms with van der Waals surface area (Å²) in [5.74, 6) is -1.84. The molecule has 0 fully saturated rings. The summed E-state index contributed by atoms with van der Waals surface area (Å²) in [5.41, 5.74) is 4.44. The van der Waals surface area contributed by atoms with Gasteiger partial charge in [0.1, 0.15) is 6.10 Å². The smallest absolute Gasteiger partial charge is 0.309 e. The number of Topliss-reactive ketones (excluding diaryl/α,β-unsaturated/α-hetero) is 1. The van der Waals surface area contributed by atoms with Crippen LogP contribution in [-0.2, 0) is 9.53 Å². The molecule has 3 aromatic rings. The minimum Gasteiger partial charge on any atom is -0.503 e. The van der Waals surface area contributed by atoms with E-state index in [-0.39, 0.29) is 29.5 Å². The Balaban J connectivity index is 1.48. The molecule has 0 amide bonds. The molecule has 164 valence electrons. The van der Waals surface area contributed by atoms with Crippen LogP contribution in [0, 0.1) is 5.92 Å². The molecule has 1 heterocycles.